The number of hydrogen-bond donors (Lipinski definition) is 1. The van der Waals surface area contributed by atoms with Gasteiger partial charge in [0, 0.05) is 4.88 Å². The zero-order chi connectivity index (χ0) is 10.9. The van der Waals surface area contributed by atoms with E-state index in [-0.39, 0.29) is 0 Å². The average molecular weight is 221 g/mol. The van der Waals surface area contributed by atoms with E-state index in [1.165, 1.54) is 11.3 Å². The molecule has 1 aliphatic rings. The Morgan fingerprint density at radius 3 is 2.67 bits per heavy atom. The van der Waals surface area contributed by atoms with Crippen molar-refractivity contribution in [3.8, 4) is 6.07 Å². The fourth-order valence-corrected chi connectivity index (χ4v) is 3.36. The average Bonchev–Trinajstić information content (AvgIpc) is 2.90. The van der Waals surface area contributed by atoms with Crippen LogP contribution in [0.2, 0.25) is 0 Å². The second-order valence-corrected chi connectivity index (χ2v) is 5.40. The lowest BCUT2D eigenvalue weighted by atomic mass is 9.72. The van der Waals surface area contributed by atoms with Crippen LogP contribution < -0.4 is 0 Å². The number of rotatable bonds is 2. The Bertz CT molecular complexity index is 369. The van der Waals surface area contributed by atoms with Crippen LogP contribution in [-0.4, -0.2) is 5.11 Å². The van der Waals surface area contributed by atoms with Gasteiger partial charge >= 0.3 is 0 Å². The van der Waals surface area contributed by atoms with Gasteiger partial charge < -0.3 is 5.11 Å². The topological polar surface area (TPSA) is 44.0 Å². The Kier molecular flexibility index (Phi) is 2.57. The molecule has 0 amide bonds. The molecule has 1 unspecified atom stereocenters. The van der Waals surface area contributed by atoms with Gasteiger partial charge in [-0.05, 0) is 31.2 Å². The standard InChI is InChI=1S/C12H15NOS/c1-11(14,10-5-4-8-15-10)12(9-13)6-2-3-7-12/h4-5,8,14H,2-3,6-7H2,1H3. The molecule has 1 aromatic heterocycles. The van der Waals surface area contributed by atoms with Crippen molar-refractivity contribution in [3.63, 3.8) is 0 Å². The Labute approximate surface area is 94.2 Å². The highest BCUT2D eigenvalue weighted by atomic mass is 32.1. The van der Waals surface area contributed by atoms with E-state index in [0.29, 0.717) is 0 Å². The SMILES string of the molecule is CC(O)(c1cccs1)C1(C#N)CCCC1. The fourth-order valence-electron chi connectivity index (χ4n) is 2.48. The zero-order valence-electron chi connectivity index (χ0n) is 8.86. The molecule has 0 spiro atoms. The summed E-state index contributed by atoms with van der Waals surface area (Å²) in [4.78, 5) is 0.908. The van der Waals surface area contributed by atoms with Crippen molar-refractivity contribution in [3.05, 3.63) is 22.4 Å². The maximum absolute atomic E-state index is 10.6. The Morgan fingerprint density at radius 2 is 2.20 bits per heavy atom. The number of nitrogens with zero attached hydrogens (tertiary/aromatic N) is 1. The van der Waals surface area contributed by atoms with Gasteiger partial charge in [0.25, 0.3) is 0 Å². The molecule has 0 saturated heterocycles. The van der Waals surface area contributed by atoms with Crippen molar-refractivity contribution in [1.82, 2.24) is 0 Å². The molecule has 80 valence electrons. The minimum absolute atomic E-state index is 0.572. The van der Waals surface area contributed by atoms with Gasteiger partial charge in [0.1, 0.15) is 5.60 Å². The molecule has 1 atom stereocenters. The summed E-state index contributed by atoms with van der Waals surface area (Å²) in [6.07, 6.45) is 3.73. The van der Waals surface area contributed by atoms with Crippen molar-refractivity contribution in [2.75, 3.05) is 0 Å². The first-order valence-corrected chi connectivity index (χ1v) is 6.18. The van der Waals surface area contributed by atoms with E-state index < -0.39 is 11.0 Å². The normalized spacial score (nSPS) is 23.3. The van der Waals surface area contributed by atoms with Gasteiger partial charge in [0.15, 0.2) is 0 Å². The van der Waals surface area contributed by atoms with Gasteiger partial charge in [-0.1, -0.05) is 18.9 Å². The lowest BCUT2D eigenvalue weighted by Gasteiger charge is -2.36. The summed E-state index contributed by atoms with van der Waals surface area (Å²) < 4.78 is 0. The highest BCUT2D eigenvalue weighted by molar-refractivity contribution is 7.10. The Balaban J connectivity index is 2.40. The molecule has 2 rings (SSSR count). The summed E-state index contributed by atoms with van der Waals surface area (Å²) in [5, 5.41) is 21.9. The van der Waals surface area contributed by atoms with E-state index in [0.717, 1.165) is 30.6 Å². The van der Waals surface area contributed by atoms with Crippen LogP contribution in [0.25, 0.3) is 0 Å². The molecule has 1 aliphatic carbocycles. The maximum Gasteiger partial charge on any atom is 0.114 e. The molecule has 0 aromatic carbocycles. The van der Waals surface area contributed by atoms with Gasteiger partial charge in [-0.25, -0.2) is 0 Å². The molecule has 0 aliphatic heterocycles. The van der Waals surface area contributed by atoms with Crippen LogP contribution >= 0.6 is 11.3 Å². The summed E-state index contributed by atoms with van der Waals surface area (Å²) in [5.41, 5.74) is -1.57. The van der Waals surface area contributed by atoms with Gasteiger partial charge in [0.2, 0.25) is 0 Å². The summed E-state index contributed by atoms with van der Waals surface area (Å²) >= 11 is 1.53. The predicted octanol–water partition coefficient (Wildman–Crippen LogP) is 3.04. The van der Waals surface area contributed by atoms with Crippen LogP contribution in [0.15, 0.2) is 17.5 Å². The Morgan fingerprint density at radius 1 is 1.53 bits per heavy atom. The smallest absolute Gasteiger partial charge is 0.114 e. The Hall–Kier alpha value is -0.850. The third kappa shape index (κ3) is 1.49. The number of nitriles is 1. The minimum Gasteiger partial charge on any atom is -0.383 e. The molecule has 0 radical (unpaired) electrons. The van der Waals surface area contributed by atoms with Crippen LogP contribution in [-0.2, 0) is 5.60 Å². The van der Waals surface area contributed by atoms with E-state index in [2.05, 4.69) is 6.07 Å². The van der Waals surface area contributed by atoms with Crippen molar-refractivity contribution in [2.24, 2.45) is 5.41 Å². The molecule has 1 heterocycles. The molecular formula is C12H15NOS. The highest BCUT2D eigenvalue weighted by Gasteiger charge is 2.50. The second-order valence-electron chi connectivity index (χ2n) is 4.45. The quantitative estimate of drug-likeness (QED) is 0.834. The van der Waals surface area contributed by atoms with E-state index >= 15 is 0 Å². The molecule has 1 saturated carbocycles. The van der Waals surface area contributed by atoms with Gasteiger partial charge in [-0.15, -0.1) is 11.3 Å². The summed E-state index contributed by atoms with van der Waals surface area (Å²) in [5.74, 6) is 0. The van der Waals surface area contributed by atoms with Gasteiger partial charge in [0.05, 0.1) is 11.5 Å². The van der Waals surface area contributed by atoms with Crippen molar-refractivity contribution in [1.29, 1.82) is 5.26 Å². The molecule has 15 heavy (non-hydrogen) atoms. The van der Waals surface area contributed by atoms with Crippen LogP contribution in [0.4, 0.5) is 0 Å². The first-order valence-electron chi connectivity index (χ1n) is 5.30. The van der Waals surface area contributed by atoms with Crippen molar-refractivity contribution >= 4 is 11.3 Å². The van der Waals surface area contributed by atoms with E-state index in [9.17, 15) is 10.4 Å². The van der Waals surface area contributed by atoms with Gasteiger partial charge in [-0.3, -0.25) is 0 Å². The molecule has 1 N–H and O–H groups in total. The predicted molar refractivity (Wildman–Crippen MR) is 60.4 cm³/mol. The minimum atomic E-state index is -0.994. The third-order valence-electron chi connectivity index (χ3n) is 3.60. The van der Waals surface area contributed by atoms with E-state index in [4.69, 9.17) is 0 Å². The number of hydrogen-bond acceptors (Lipinski definition) is 3. The molecule has 0 bridgehead atoms. The number of aliphatic hydroxyl groups is 1. The van der Waals surface area contributed by atoms with E-state index in [1.54, 1.807) is 6.92 Å². The molecule has 3 heteroatoms. The molecular weight excluding hydrogens is 206 g/mol. The third-order valence-corrected chi connectivity index (χ3v) is 4.68. The largest absolute Gasteiger partial charge is 0.383 e. The van der Waals surface area contributed by atoms with E-state index in [1.807, 2.05) is 17.5 Å². The maximum atomic E-state index is 10.6. The van der Waals surface area contributed by atoms with Gasteiger partial charge in [-0.2, -0.15) is 5.26 Å². The monoisotopic (exact) mass is 221 g/mol. The van der Waals surface area contributed by atoms with Crippen molar-refractivity contribution in [2.45, 2.75) is 38.2 Å². The summed E-state index contributed by atoms with van der Waals surface area (Å²) in [6, 6.07) is 6.21. The summed E-state index contributed by atoms with van der Waals surface area (Å²) in [7, 11) is 0. The van der Waals surface area contributed by atoms with Crippen LogP contribution in [0.1, 0.15) is 37.5 Å². The summed E-state index contributed by atoms with van der Waals surface area (Å²) in [6.45, 7) is 1.79. The first-order chi connectivity index (χ1) is 7.12. The highest BCUT2D eigenvalue weighted by Crippen LogP contribution is 2.51. The first kappa shape index (κ1) is 10.7. The lowest BCUT2D eigenvalue weighted by Crippen LogP contribution is -2.40. The fraction of sp³-hybridized carbons (Fsp3) is 0.583. The van der Waals surface area contributed by atoms with Crippen LogP contribution in [0.3, 0.4) is 0 Å². The second kappa shape index (κ2) is 3.62. The van der Waals surface area contributed by atoms with Crippen LogP contribution in [0, 0.1) is 16.7 Å². The zero-order valence-corrected chi connectivity index (χ0v) is 9.68. The lowest BCUT2D eigenvalue weighted by molar-refractivity contribution is -0.0390. The van der Waals surface area contributed by atoms with Crippen LogP contribution in [0.5, 0.6) is 0 Å². The number of thiophene rings is 1. The molecule has 2 nitrogen and oxygen atoms in total. The molecule has 1 fully saturated rings. The van der Waals surface area contributed by atoms with Crippen molar-refractivity contribution < 1.29 is 5.11 Å². The molecule has 1 aromatic rings.